The van der Waals surface area contributed by atoms with Crippen molar-refractivity contribution >= 4 is 62.1 Å². The van der Waals surface area contributed by atoms with Crippen LogP contribution in [0.25, 0.3) is 0 Å². The molecule has 0 spiro atoms. The maximum Gasteiger partial charge on any atom is 0.252 e. The topological polar surface area (TPSA) is 181 Å². The fourth-order valence-corrected chi connectivity index (χ4v) is 7.29. The van der Waals surface area contributed by atoms with Gasteiger partial charge in [-0.15, -0.1) is 0 Å². The highest BCUT2D eigenvalue weighted by atomic mass is 35.5. The predicted octanol–water partition coefficient (Wildman–Crippen LogP) is 14.9. The molecule has 1 aliphatic rings. The number of amides is 1. The Balaban J connectivity index is 0.000000498. The average molecular weight is 1030 g/mol. The third kappa shape index (κ3) is 16.8. The second-order valence-corrected chi connectivity index (χ2v) is 15.4. The molecule has 13 heteroatoms. The number of nitrogens with one attached hydrogen (secondary N) is 1. The summed E-state index contributed by atoms with van der Waals surface area (Å²) in [6.45, 7) is 19.4. The van der Waals surface area contributed by atoms with E-state index in [1.165, 1.54) is 31.2 Å². The van der Waals surface area contributed by atoms with E-state index in [2.05, 4.69) is 23.8 Å². The van der Waals surface area contributed by atoms with Crippen LogP contribution in [0.3, 0.4) is 0 Å². The van der Waals surface area contributed by atoms with Crippen LogP contribution in [0.4, 0.5) is 5.69 Å². The van der Waals surface area contributed by atoms with Crippen LogP contribution < -0.4 is 5.32 Å². The number of hydrogen-bond acceptors (Lipinski definition) is 9. The van der Waals surface area contributed by atoms with Gasteiger partial charge in [-0.05, 0) is 161 Å². The van der Waals surface area contributed by atoms with E-state index in [4.69, 9.17) is 23.2 Å². The van der Waals surface area contributed by atoms with Crippen LogP contribution in [0.15, 0.2) is 170 Å². The first kappa shape index (κ1) is 61.9. The fraction of sp³-hybridized carbons (Fsp3) is 0.207. The molecule has 376 valence electrons. The fourth-order valence-electron chi connectivity index (χ4n) is 7.04. The number of aromatic hydroxyl groups is 5. The van der Waals surface area contributed by atoms with Crippen LogP contribution in [0.5, 0.6) is 28.7 Å². The minimum atomic E-state index is -1.02. The largest absolute Gasteiger partial charge is 0.508 e. The number of carbonyl (C=O) groups is 4. The van der Waals surface area contributed by atoms with Crippen LogP contribution >= 0.6 is 34.8 Å². The Labute approximate surface area is 433 Å². The number of benzene rings is 7. The van der Waals surface area contributed by atoms with Crippen molar-refractivity contribution in [1.82, 2.24) is 0 Å². The summed E-state index contributed by atoms with van der Waals surface area (Å²) in [4.78, 5) is 43.4. The summed E-state index contributed by atoms with van der Waals surface area (Å²) in [5.74, 6) is 0.783. The highest BCUT2D eigenvalue weighted by Gasteiger charge is 2.49. The summed E-state index contributed by atoms with van der Waals surface area (Å²) < 4.78 is 0. The Morgan fingerprint density at radius 3 is 0.958 bits per heavy atom. The molecule has 0 fully saturated rings. The average Bonchev–Trinajstić information content (AvgIpc) is 3.69. The molecule has 0 bridgehead atoms. The number of hydrogen-bond donors (Lipinski definition) is 6. The lowest BCUT2D eigenvalue weighted by Gasteiger charge is -2.32. The minimum absolute atomic E-state index is 0.145. The molecule has 71 heavy (non-hydrogen) atoms. The second kappa shape index (κ2) is 31.2. The highest BCUT2D eigenvalue weighted by molar-refractivity contribution is 6.68. The van der Waals surface area contributed by atoms with Gasteiger partial charge in [0.1, 0.15) is 34.2 Å². The van der Waals surface area contributed by atoms with Gasteiger partial charge in [-0.25, -0.2) is 0 Å². The first-order chi connectivity index (χ1) is 34.0. The molecule has 8 rings (SSSR count). The number of rotatable bonds is 7. The Hall–Kier alpha value is -7.11. The zero-order valence-corrected chi connectivity index (χ0v) is 43.9. The number of para-hydroxylation sites is 1. The maximum absolute atomic E-state index is 13.1. The summed E-state index contributed by atoms with van der Waals surface area (Å²) in [5, 5.41) is 49.4. The Morgan fingerprint density at radius 1 is 0.437 bits per heavy atom. The van der Waals surface area contributed by atoms with Gasteiger partial charge < -0.3 is 30.8 Å². The predicted molar refractivity (Wildman–Crippen MR) is 290 cm³/mol. The van der Waals surface area contributed by atoms with Crippen LogP contribution in [0.1, 0.15) is 123 Å². The van der Waals surface area contributed by atoms with Crippen LogP contribution in [0, 0.1) is 0 Å². The van der Waals surface area contributed by atoms with Crippen molar-refractivity contribution in [3.63, 3.8) is 0 Å². The zero-order valence-electron chi connectivity index (χ0n) is 41.7. The lowest BCUT2D eigenvalue weighted by atomic mass is 9.70. The summed E-state index contributed by atoms with van der Waals surface area (Å²) in [6.07, 6.45) is 0. The van der Waals surface area contributed by atoms with E-state index in [0.717, 1.165) is 39.1 Å². The van der Waals surface area contributed by atoms with Crippen LogP contribution in [0.2, 0.25) is 0 Å². The number of phenolic OH excluding ortho intramolecular Hbond substituents is 5. The van der Waals surface area contributed by atoms with Gasteiger partial charge >= 0.3 is 0 Å². The normalized spacial score (nSPS) is 11.0. The molecule has 0 aliphatic carbocycles. The van der Waals surface area contributed by atoms with E-state index in [-0.39, 0.29) is 39.9 Å². The van der Waals surface area contributed by atoms with E-state index in [9.17, 15) is 44.7 Å². The molecule has 10 nitrogen and oxygen atoms in total. The second-order valence-electron chi connectivity index (χ2n) is 14.2. The van der Waals surface area contributed by atoms with Crippen molar-refractivity contribution in [1.29, 1.82) is 0 Å². The first-order valence-electron chi connectivity index (χ1n) is 23.0. The van der Waals surface area contributed by atoms with Crippen molar-refractivity contribution in [2.45, 2.75) is 80.1 Å². The molecule has 0 saturated carbocycles. The monoisotopic (exact) mass is 1020 g/mol. The quantitative estimate of drug-likeness (QED) is 0.0669. The van der Waals surface area contributed by atoms with Gasteiger partial charge in [-0.1, -0.05) is 134 Å². The van der Waals surface area contributed by atoms with E-state index in [1.807, 2.05) is 116 Å². The Morgan fingerprint density at radius 2 is 0.690 bits per heavy atom. The zero-order chi connectivity index (χ0) is 53.9. The number of phenols is 5. The van der Waals surface area contributed by atoms with Gasteiger partial charge in [0.15, 0.2) is 0 Å². The summed E-state index contributed by atoms with van der Waals surface area (Å²) in [7, 11) is 0. The van der Waals surface area contributed by atoms with Crippen LogP contribution in [-0.2, 0) is 20.4 Å². The van der Waals surface area contributed by atoms with Crippen molar-refractivity contribution < 1.29 is 44.7 Å². The molecule has 1 amide bonds. The Kier molecular flexibility index (Phi) is 27.2. The third-order valence-electron chi connectivity index (χ3n) is 10.2. The molecule has 7 aromatic rings. The highest BCUT2D eigenvalue weighted by Crippen LogP contribution is 2.48. The molecule has 7 aromatic carbocycles. The summed E-state index contributed by atoms with van der Waals surface area (Å²) in [6, 6.07) is 48.0. The standard InChI is InChI=1S/C20H15NO3.C20H18O3.C8H4Cl2O2.C2H3ClO.4C2H6/c22-15-9-5-13(6-10-15)20(14-7-11-16(23)12-8-14)17-3-1-2-4-18(17)21-19(20)24;1-20(14-2-8-17(21)9-3-14,15-4-10-18(22)11-5-15)16-6-12-19(23)13-7-16;9-7(11)5-1-2-6(4-3-5)8(10)12;1-2(3)4;4*1-2/h1-12,22-23H,(H,21,24);2-13,21-23H,1H3;1-4H;1H3;4*1-2H3. The molecule has 0 saturated heterocycles. The SMILES string of the molecule is CC.CC.CC.CC.CC(=O)Cl.CC(c1ccc(O)cc1)(c1ccc(O)cc1)c1ccc(O)cc1.O=C(Cl)c1ccc(C(=O)Cl)cc1.O=C1Nc2ccccc2C1(c1ccc(O)cc1)c1ccc(O)cc1. The van der Waals surface area contributed by atoms with Gasteiger partial charge in [-0.3, -0.25) is 19.2 Å². The molecular weight excluding hydrogens is 961 g/mol. The van der Waals surface area contributed by atoms with E-state index in [0.29, 0.717) is 11.1 Å². The summed E-state index contributed by atoms with van der Waals surface area (Å²) >= 11 is 15.0. The number of anilines is 1. The van der Waals surface area contributed by atoms with Crippen molar-refractivity contribution in [3.05, 3.63) is 214 Å². The first-order valence-corrected chi connectivity index (χ1v) is 24.1. The van der Waals surface area contributed by atoms with E-state index >= 15 is 0 Å². The van der Waals surface area contributed by atoms with Gasteiger partial charge in [0, 0.05) is 34.7 Å². The smallest absolute Gasteiger partial charge is 0.252 e. The summed E-state index contributed by atoms with van der Waals surface area (Å²) in [5.41, 5.74) is 5.35. The Bertz CT molecular complexity index is 2500. The lowest BCUT2D eigenvalue weighted by molar-refractivity contribution is -0.118. The molecule has 0 atom stereocenters. The van der Waals surface area contributed by atoms with E-state index < -0.39 is 21.3 Å². The molecule has 0 aromatic heterocycles. The lowest BCUT2D eigenvalue weighted by Crippen LogP contribution is -2.36. The number of carbonyl (C=O) groups excluding carboxylic acids is 4. The van der Waals surface area contributed by atoms with Gasteiger partial charge in [0.2, 0.25) is 11.1 Å². The maximum atomic E-state index is 13.1. The van der Waals surface area contributed by atoms with Crippen LogP contribution in [-0.4, -0.2) is 47.2 Å². The molecule has 0 radical (unpaired) electrons. The van der Waals surface area contributed by atoms with Gasteiger partial charge in [0.25, 0.3) is 10.5 Å². The van der Waals surface area contributed by atoms with Crippen molar-refractivity contribution in [3.8, 4) is 28.7 Å². The number of fused-ring (bicyclic) bond motifs is 1. The molecular formula is C58H64Cl3NO9. The van der Waals surface area contributed by atoms with Crippen molar-refractivity contribution in [2.75, 3.05) is 5.32 Å². The molecule has 6 N–H and O–H groups in total. The third-order valence-corrected chi connectivity index (χ3v) is 10.6. The molecule has 1 heterocycles. The molecule has 1 aliphatic heterocycles. The van der Waals surface area contributed by atoms with E-state index in [1.54, 1.807) is 84.9 Å². The molecule has 0 unspecified atom stereocenters. The van der Waals surface area contributed by atoms with Gasteiger partial charge in [0.05, 0.1) is 0 Å². The number of halogens is 3. The van der Waals surface area contributed by atoms with Crippen molar-refractivity contribution in [2.24, 2.45) is 0 Å². The minimum Gasteiger partial charge on any atom is -0.508 e. The van der Waals surface area contributed by atoms with Gasteiger partial charge in [-0.2, -0.15) is 0 Å².